The first-order valence-corrected chi connectivity index (χ1v) is 7.66. The van der Waals surface area contributed by atoms with E-state index in [4.69, 9.17) is 0 Å². The Morgan fingerprint density at radius 2 is 2.00 bits per heavy atom. The minimum absolute atomic E-state index is 0.791. The molecule has 3 heterocycles. The van der Waals surface area contributed by atoms with Gasteiger partial charge in [-0.15, -0.1) is 5.10 Å². The van der Waals surface area contributed by atoms with E-state index in [-0.39, 0.29) is 0 Å². The standard InChI is InChI=1S/C15H20N6/c1-2-4-14(5-3-1)21-15(17-18-19-21)11-20-7-6-12-8-16-9-13(12)10-20/h1-5,12-13,16H,6-11H2. The maximum absolute atomic E-state index is 4.22. The van der Waals surface area contributed by atoms with Gasteiger partial charge in [0.25, 0.3) is 0 Å². The lowest BCUT2D eigenvalue weighted by Crippen LogP contribution is -2.40. The van der Waals surface area contributed by atoms with Gasteiger partial charge in [-0.3, -0.25) is 4.90 Å². The maximum atomic E-state index is 4.22. The molecular formula is C15H20N6. The van der Waals surface area contributed by atoms with Gasteiger partial charge in [-0.2, -0.15) is 4.68 Å². The van der Waals surface area contributed by atoms with E-state index in [0.717, 1.165) is 49.5 Å². The molecule has 6 heteroatoms. The van der Waals surface area contributed by atoms with Crippen LogP contribution in [0.2, 0.25) is 0 Å². The van der Waals surface area contributed by atoms with Crippen molar-refractivity contribution in [2.45, 2.75) is 13.0 Å². The number of nitrogens with zero attached hydrogens (tertiary/aromatic N) is 5. The Morgan fingerprint density at radius 1 is 1.14 bits per heavy atom. The molecule has 2 aliphatic rings. The third-order valence-electron chi connectivity index (χ3n) is 4.69. The molecule has 2 aromatic rings. The Bertz CT molecular complexity index is 595. The van der Waals surface area contributed by atoms with E-state index in [2.05, 4.69) is 25.7 Å². The quantitative estimate of drug-likeness (QED) is 0.899. The number of benzene rings is 1. The van der Waals surface area contributed by atoms with Gasteiger partial charge < -0.3 is 5.32 Å². The molecule has 1 aromatic carbocycles. The number of likely N-dealkylation sites (tertiary alicyclic amines) is 1. The molecule has 2 atom stereocenters. The molecule has 21 heavy (non-hydrogen) atoms. The van der Waals surface area contributed by atoms with Gasteiger partial charge in [0.2, 0.25) is 0 Å². The highest BCUT2D eigenvalue weighted by Crippen LogP contribution is 2.27. The molecule has 2 aliphatic heterocycles. The van der Waals surface area contributed by atoms with Crippen LogP contribution in [-0.2, 0) is 6.54 Å². The van der Waals surface area contributed by atoms with Crippen LogP contribution in [0.4, 0.5) is 0 Å². The highest BCUT2D eigenvalue weighted by Gasteiger charge is 2.33. The lowest BCUT2D eigenvalue weighted by molar-refractivity contribution is 0.138. The van der Waals surface area contributed by atoms with Crippen molar-refractivity contribution < 1.29 is 0 Å². The molecule has 2 unspecified atom stereocenters. The largest absolute Gasteiger partial charge is 0.316 e. The molecular weight excluding hydrogens is 264 g/mol. The molecule has 1 N–H and O–H groups in total. The van der Waals surface area contributed by atoms with Crippen molar-refractivity contribution in [3.05, 3.63) is 36.2 Å². The molecule has 0 saturated carbocycles. The monoisotopic (exact) mass is 284 g/mol. The zero-order valence-electron chi connectivity index (χ0n) is 12.0. The summed E-state index contributed by atoms with van der Waals surface area (Å²) in [4.78, 5) is 2.49. The normalized spacial score (nSPS) is 25.9. The molecule has 110 valence electrons. The van der Waals surface area contributed by atoms with Gasteiger partial charge in [0.1, 0.15) is 0 Å². The Morgan fingerprint density at radius 3 is 2.90 bits per heavy atom. The molecule has 0 aliphatic carbocycles. The van der Waals surface area contributed by atoms with Gasteiger partial charge in [-0.1, -0.05) is 18.2 Å². The molecule has 4 rings (SSSR count). The zero-order valence-corrected chi connectivity index (χ0v) is 12.0. The number of para-hydroxylation sites is 1. The summed E-state index contributed by atoms with van der Waals surface area (Å²) in [6.07, 6.45) is 1.28. The van der Waals surface area contributed by atoms with Crippen LogP contribution >= 0.6 is 0 Å². The van der Waals surface area contributed by atoms with Gasteiger partial charge in [0.15, 0.2) is 5.82 Å². The summed E-state index contributed by atoms with van der Waals surface area (Å²) in [5, 5.41) is 15.7. The summed E-state index contributed by atoms with van der Waals surface area (Å²) >= 11 is 0. The number of aromatic nitrogens is 4. The fourth-order valence-electron chi connectivity index (χ4n) is 3.53. The predicted octanol–water partition coefficient (Wildman–Crippen LogP) is 0.704. The molecule has 0 spiro atoms. The summed E-state index contributed by atoms with van der Waals surface area (Å²) in [7, 11) is 0. The fourth-order valence-corrected chi connectivity index (χ4v) is 3.53. The van der Waals surface area contributed by atoms with Crippen molar-refractivity contribution in [2.24, 2.45) is 11.8 Å². The second kappa shape index (κ2) is 5.54. The first-order valence-electron chi connectivity index (χ1n) is 7.66. The van der Waals surface area contributed by atoms with Crippen molar-refractivity contribution in [3.8, 4) is 5.69 Å². The average molecular weight is 284 g/mol. The second-order valence-corrected chi connectivity index (χ2v) is 6.04. The van der Waals surface area contributed by atoms with Crippen molar-refractivity contribution in [2.75, 3.05) is 26.2 Å². The highest BCUT2D eigenvalue weighted by atomic mass is 15.5. The average Bonchev–Trinajstić information content (AvgIpc) is 3.16. The Kier molecular flexibility index (Phi) is 3.40. The first-order chi connectivity index (χ1) is 10.4. The number of tetrazole rings is 1. The van der Waals surface area contributed by atoms with Crippen LogP contribution in [0.5, 0.6) is 0 Å². The summed E-state index contributed by atoms with van der Waals surface area (Å²) in [5.41, 5.74) is 1.02. The van der Waals surface area contributed by atoms with Crippen molar-refractivity contribution in [1.82, 2.24) is 30.4 Å². The van der Waals surface area contributed by atoms with E-state index in [1.807, 2.05) is 35.0 Å². The van der Waals surface area contributed by atoms with Gasteiger partial charge in [-0.25, -0.2) is 0 Å². The van der Waals surface area contributed by atoms with E-state index in [9.17, 15) is 0 Å². The lowest BCUT2D eigenvalue weighted by atomic mass is 9.89. The van der Waals surface area contributed by atoms with Crippen molar-refractivity contribution in [3.63, 3.8) is 0 Å². The number of piperidine rings is 1. The SMILES string of the molecule is c1ccc(-n2nnnc2CN2CCC3CNCC3C2)cc1. The molecule has 1 aromatic heterocycles. The number of nitrogens with one attached hydrogen (secondary N) is 1. The van der Waals surface area contributed by atoms with Crippen LogP contribution in [0.25, 0.3) is 5.69 Å². The zero-order chi connectivity index (χ0) is 14.1. The Labute approximate surface area is 124 Å². The number of hydrogen-bond donors (Lipinski definition) is 1. The smallest absolute Gasteiger partial charge is 0.170 e. The molecule has 6 nitrogen and oxygen atoms in total. The minimum Gasteiger partial charge on any atom is -0.316 e. The van der Waals surface area contributed by atoms with Crippen LogP contribution in [-0.4, -0.2) is 51.3 Å². The van der Waals surface area contributed by atoms with Crippen molar-refractivity contribution in [1.29, 1.82) is 0 Å². The number of hydrogen-bond acceptors (Lipinski definition) is 5. The van der Waals surface area contributed by atoms with Gasteiger partial charge >= 0.3 is 0 Å². The number of rotatable bonds is 3. The minimum atomic E-state index is 0.791. The maximum Gasteiger partial charge on any atom is 0.170 e. The van der Waals surface area contributed by atoms with Crippen LogP contribution in [0.15, 0.2) is 30.3 Å². The van der Waals surface area contributed by atoms with E-state index in [0.29, 0.717) is 0 Å². The fraction of sp³-hybridized carbons (Fsp3) is 0.533. The third kappa shape index (κ3) is 2.56. The molecule has 2 saturated heterocycles. The van der Waals surface area contributed by atoms with Gasteiger partial charge in [0, 0.05) is 6.54 Å². The van der Waals surface area contributed by atoms with E-state index in [1.54, 1.807) is 0 Å². The first kappa shape index (κ1) is 12.9. The Balaban J connectivity index is 1.49. The van der Waals surface area contributed by atoms with Crippen LogP contribution in [0.1, 0.15) is 12.2 Å². The lowest BCUT2D eigenvalue weighted by Gasteiger charge is -2.33. The molecule has 0 bridgehead atoms. The molecule has 2 fully saturated rings. The molecule has 0 amide bonds. The van der Waals surface area contributed by atoms with Crippen molar-refractivity contribution >= 4 is 0 Å². The van der Waals surface area contributed by atoms with E-state index < -0.39 is 0 Å². The second-order valence-electron chi connectivity index (χ2n) is 6.04. The number of fused-ring (bicyclic) bond motifs is 1. The third-order valence-corrected chi connectivity index (χ3v) is 4.69. The van der Waals surface area contributed by atoms with Gasteiger partial charge in [-0.05, 0) is 60.5 Å². The van der Waals surface area contributed by atoms with E-state index in [1.165, 1.54) is 13.0 Å². The highest BCUT2D eigenvalue weighted by molar-refractivity contribution is 5.30. The topological polar surface area (TPSA) is 58.9 Å². The summed E-state index contributed by atoms with van der Waals surface area (Å²) in [5.74, 6) is 2.58. The molecule has 0 radical (unpaired) electrons. The van der Waals surface area contributed by atoms with E-state index >= 15 is 0 Å². The predicted molar refractivity (Wildman–Crippen MR) is 78.9 cm³/mol. The summed E-state index contributed by atoms with van der Waals surface area (Å²) in [6.45, 7) is 5.47. The summed E-state index contributed by atoms with van der Waals surface area (Å²) in [6, 6.07) is 10.1. The van der Waals surface area contributed by atoms with Crippen LogP contribution in [0, 0.1) is 11.8 Å². The Hall–Kier alpha value is -1.79. The van der Waals surface area contributed by atoms with Crippen LogP contribution < -0.4 is 5.32 Å². The van der Waals surface area contributed by atoms with Crippen LogP contribution in [0.3, 0.4) is 0 Å². The summed E-state index contributed by atoms with van der Waals surface area (Å²) < 4.78 is 1.85. The van der Waals surface area contributed by atoms with Gasteiger partial charge in [0.05, 0.1) is 12.2 Å².